The number of benzene rings is 1. The fourth-order valence-electron chi connectivity index (χ4n) is 1.28. The molecule has 0 saturated heterocycles. The molecule has 0 radical (unpaired) electrons. The normalized spacial score (nSPS) is 10.9. The zero-order valence-electron chi connectivity index (χ0n) is 7.20. The van der Waals surface area contributed by atoms with Gasteiger partial charge in [0.1, 0.15) is 12.5 Å². The summed E-state index contributed by atoms with van der Waals surface area (Å²) in [5.74, 6) is -0.268. The number of aromatic nitrogens is 2. The highest BCUT2D eigenvalue weighted by Crippen LogP contribution is 2.13. The molecule has 0 bridgehead atoms. The number of hydrogen-bond donors (Lipinski definition) is 0. The van der Waals surface area contributed by atoms with Gasteiger partial charge < -0.3 is 9.30 Å². The van der Waals surface area contributed by atoms with E-state index in [0.29, 0.717) is 12.2 Å². The zero-order chi connectivity index (χ0) is 9.26. The predicted octanol–water partition coefficient (Wildman–Crippen LogP) is 1.78. The summed E-state index contributed by atoms with van der Waals surface area (Å²) in [6.07, 6.45) is 1.63. The molecule has 0 unspecified atom stereocenters. The number of rotatable bonds is 2. The van der Waals surface area contributed by atoms with Crippen LogP contribution in [-0.2, 0) is 11.5 Å². The molecule has 68 valence electrons. The molecule has 0 spiro atoms. The molecule has 0 saturated carbocycles. The lowest BCUT2D eigenvalue weighted by Crippen LogP contribution is -1.96. The molecule has 1 aromatic carbocycles. The van der Waals surface area contributed by atoms with Gasteiger partial charge in [0.15, 0.2) is 0 Å². The molecule has 0 amide bonds. The Balaban J connectivity index is 2.55. The van der Waals surface area contributed by atoms with E-state index in [1.165, 1.54) is 12.1 Å². The molecule has 0 aliphatic rings. The Hall–Kier alpha value is -1.42. The molecule has 13 heavy (non-hydrogen) atoms. The molecule has 0 atom stereocenters. The summed E-state index contributed by atoms with van der Waals surface area (Å²) >= 11 is 0. The summed E-state index contributed by atoms with van der Waals surface area (Å²) in [6.45, 7) is 0.433. The lowest BCUT2D eigenvalue weighted by molar-refractivity contribution is 0.134. The van der Waals surface area contributed by atoms with Crippen molar-refractivity contribution in [3.05, 3.63) is 30.3 Å². The van der Waals surface area contributed by atoms with Gasteiger partial charge in [0.25, 0.3) is 0 Å². The van der Waals surface area contributed by atoms with Gasteiger partial charge in [-0.05, 0) is 12.1 Å². The van der Waals surface area contributed by atoms with Gasteiger partial charge >= 0.3 is 0 Å². The molecule has 0 aliphatic heterocycles. The van der Waals surface area contributed by atoms with Gasteiger partial charge in [-0.15, -0.1) is 0 Å². The standard InChI is InChI=1S/C9H9FN2O/c1-13-6-12-5-11-8-4-7(10)2-3-9(8)12/h2-5H,6H2,1H3. The number of fused-ring (bicyclic) bond motifs is 1. The van der Waals surface area contributed by atoms with Crippen LogP contribution in [0.5, 0.6) is 0 Å². The van der Waals surface area contributed by atoms with Crippen LogP contribution in [0.2, 0.25) is 0 Å². The van der Waals surface area contributed by atoms with Crippen molar-refractivity contribution < 1.29 is 9.13 Å². The average Bonchev–Trinajstić information content (AvgIpc) is 2.49. The van der Waals surface area contributed by atoms with E-state index in [1.807, 2.05) is 4.57 Å². The monoisotopic (exact) mass is 180 g/mol. The van der Waals surface area contributed by atoms with Gasteiger partial charge in [0.2, 0.25) is 0 Å². The molecular formula is C9H9FN2O. The first-order valence-corrected chi connectivity index (χ1v) is 3.90. The summed E-state index contributed by atoms with van der Waals surface area (Å²) in [5, 5.41) is 0. The summed E-state index contributed by atoms with van der Waals surface area (Å²) in [6, 6.07) is 4.51. The molecule has 1 heterocycles. The van der Waals surface area contributed by atoms with Crippen LogP contribution < -0.4 is 0 Å². The number of halogens is 1. The first kappa shape index (κ1) is 8.19. The minimum atomic E-state index is -0.268. The molecule has 2 aromatic rings. The lowest BCUT2D eigenvalue weighted by atomic mass is 10.3. The van der Waals surface area contributed by atoms with E-state index in [1.54, 1.807) is 19.5 Å². The maximum atomic E-state index is 12.8. The van der Waals surface area contributed by atoms with Crippen molar-refractivity contribution in [3.8, 4) is 0 Å². The number of ether oxygens (including phenoxy) is 1. The summed E-state index contributed by atoms with van der Waals surface area (Å²) in [5.41, 5.74) is 1.53. The predicted molar refractivity (Wildman–Crippen MR) is 46.7 cm³/mol. The van der Waals surface area contributed by atoms with E-state index in [-0.39, 0.29) is 5.82 Å². The van der Waals surface area contributed by atoms with Crippen molar-refractivity contribution in [2.75, 3.05) is 7.11 Å². The van der Waals surface area contributed by atoms with E-state index in [2.05, 4.69) is 4.98 Å². The smallest absolute Gasteiger partial charge is 0.125 e. The Morgan fingerprint density at radius 1 is 1.54 bits per heavy atom. The van der Waals surface area contributed by atoms with Crippen molar-refractivity contribution in [1.29, 1.82) is 0 Å². The zero-order valence-corrected chi connectivity index (χ0v) is 7.20. The van der Waals surface area contributed by atoms with Crippen molar-refractivity contribution in [2.45, 2.75) is 6.73 Å². The van der Waals surface area contributed by atoms with Gasteiger partial charge in [-0.25, -0.2) is 9.37 Å². The van der Waals surface area contributed by atoms with Crippen LogP contribution in [0.4, 0.5) is 4.39 Å². The number of imidazole rings is 1. The minimum absolute atomic E-state index is 0.268. The lowest BCUT2D eigenvalue weighted by Gasteiger charge is -2.00. The van der Waals surface area contributed by atoms with Crippen molar-refractivity contribution in [2.24, 2.45) is 0 Å². The van der Waals surface area contributed by atoms with Gasteiger partial charge in [0.05, 0.1) is 17.4 Å². The third-order valence-corrected chi connectivity index (χ3v) is 1.85. The van der Waals surface area contributed by atoms with Crippen LogP contribution in [0.1, 0.15) is 0 Å². The summed E-state index contributed by atoms with van der Waals surface area (Å²) < 4.78 is 19.5. The average molecular weight is 180 g/mol. The molecule has 3 nitrogen and oxygen atoms in total. The van der Waals surface area contributed by atoms with Gasteiger partial charge in [-0.3, -0.25) is 0 Å². The summed E-state index contributed by atoms with van der Waals surface area (Å²) in [7, 11) is 1.61. The van der Waals surface area contributed by atoms with Crippen molar-refractivity contribution in [3.63, 3.8) is 0 Å². The highest BCUT2D eigenvalue weighted by Gasteiger charge is 2.02. The van der Waals surface area contributed by atoms with Crippen LogP contribution in [0.25, 0.3) is 11.0 Å². The second kappa shape index (κ2) is 3.14. The van der Waals surface area contributed by atoms with E-state index < -0.39 is 0 Å². The minimum Gasteiger partial charge on any atom is -0.364 e. The fourth-order valence-corrected chi connectivity index (χ4v) is 1.28. The third-order valence-electron chi connectivity index (χ3n) is 1.85. The topological polar surface area (TPSA) is 27.1 Å². The third kappa shape index (κ3) is 1.40. The maximum absolute atomic E-state index is 12.8. The van der Waals surface area contributed by atoms with Crippen LogP contribution in [0.3, 0.4) is 0 Å². The quantitative estimate of drug-likeness (QED) is 0.704. The Kier molecular flexibility index (Phi) is 1.98. The summed E-state index contributed by atoms with van der Waals surface area (Å²) in [4.78, 5) is 4.04. The SMILES string of the molecule is COCn1cnc2cc(F)ccc21. The second-order valence-corrected chi connectivity index (χ2v) is 2.77. The van der Waals surface area contributed by atoms with Crippen molar-refractivity contribution in [1.82, 2.24) is 9.55 Å². The maximum Gasteiger partial charge on any atom is 0.125 e. The number of hydrogen-bond acceptors (Lipinski definition) is 2. The molecule has 0 aliphatic carbocycles. The van der Waals surface area contributed by atoms with Crippen LogP contribution in [0.15, 0.2) is 24.5 Å². The number of nitrogens with zero attached hydrogens (tertiary/aromatic N) is 2. The molecular weight excluding hydrogens is 171 g/mol. The molecule has 2 rings (SSSR count). The Bertz CT molecular complexity index is 424. The first-order valence-electron chi connectivity index (χ1n) is 3.90. The van der Waals surface area contributed by atoms with E-state index in [4.69, 9.17) is 4.74 Å². The largest absolute Gasteiger partial charge is 0.364 e. The van der Waals surface area contributed by atoms with Gasteiger partial charge in [0, 0.05) is 13.2 Å². The molecule has 1 aromatic heterocycles. The van der Waals surface area contributed by atoms with E-state index in [0.717, 1.165) is 5.52 Å². The highest BCUT2D eigenvalue weighted by molar-refractivity contribution is 5.75. The van der Waals surface area contributed by atoms with Crippen molar-refractivity contribution >= 4 is 11.0 Å². The molecule has 4 heteroatoms. The highest BCUT2D eigenvalue weighted by atomic mass is 19.1. The Morgan fingerprint density at radius 3 is 3.15 bits per heavy atom. The van der Waals surface area contributed by atoms with Gasteiger partial charge in [-0.1, -0.05) is 0 Å². The van der Waals surface area contributed by atoms with E-state index in [9.17, 15) is 4.39 Å². The molecule has 0 fully saturated rings. The fraction of sp³-hybridized carbons (Fsp3) is 0.222. The van der Waals surface area contributed by atoms with Crippen LogP contribution >= 0.6 is 0 Å². The van der Waals surface area contributed by atoms with Crippen LogP contribution in [0, 0.1) is 5.82 Å². The van der Waals surface area contributed by atoms with Crippen LogP contribution in [-0.4, -0.2) is 16.7 Å². The second-order valence-electron chi connectivity index (χ2n) is 2.77. The first-order chi connectivity index (χ1) is 6.31. The molecule has 0 N–H and O–H groups in total. The Labute approximate surface area is 74.8 Å². The number of methoxy groups -OCH3 is 1. The van der Waals surface area contributed by atoms with E-state index >= 15 is 0 Å². The Morgan fingerprint density at radius 2 is 2.38 bits per heavy atom. The van der Waals surface area contributed by atoms with Gasteiger partial charge in [-0.2, -0.15) is 0 Å².